The first-order chi connectivity index (χ1) is 21.7. The van der Waals surface area contributed by atoms with Crippen LogP contribution in [0.1, 0.15) is 50.7 Å². The highest BCUT2D eigenvalue weighted by Gasteiger charge is 2.21. The van der Waals surface area contributed by atoms with Crippen molar-refractivity contribution >= 4 is 87.0 Å². The van der Waals surface area contributed by atoms with Crippen LogP contribution in [0.4, 0.5) is 0 Å². The van der Waals surface area contributed by atoms with Crippen molar-refractivity contribution in [3.05, 3.63) is 96.3 Å². The van der Waals surface area contributed by atoms with Crippen LogP contribution < -0.4 is 0 Å². The zero-order valence-electron chi connectivity index (χ0n) is 25.1. The summed E-state index contributed by atoms with van der Waals surface area (Å²) in [4.78, 5) is 20.4. The topological polar surface area (TPSA) is 51.6 Å². The Morgan fingerprint density at radius 1 is 0.455 bits per heavy atom. The average molecular weight is 569 g/mol. The van der Waals surface area contributed by atoms with E-state index in [1.807, 2.05) is 12.4 Å². The van der Waals surface area contributed by atoms with E-state index >= 15 is 0 Å². The molecule has 0 N–H and O–H groups in total. The highest BCUT2D eigenvalue weighted by atomic mass is 14.7. The number of pyridine rings is 4. The molecular formula is C40H32N4. The number of aryl methyl sites for hydroxylation is 2. The minimum absolute atomic E-state index is 0.994. The Morgan fingerprint density at radius 3 is 1.39 bits per heavy atom. The number of hydrogen-bond donors (Lipinski definition) is 0. The molecule has 0 unspecified atom stereocenters. The fourth-order valence-corrected chi connectivity index (χ4v) is 7.41. The second-order valence-corrected chi connectivity index (χ2v) is 12.3. The molecule has 5 aromatic carbocycles. The Morgan fingerprint density at radius 2 is 0.932 bits per heavy atom. The van der Waals surface area contributed by atoms with E-state index in [-0.39, 0.29) is 0 Å². The van der Waals surface area contributed by atoms with Gasteiger partial charge in [0, 0.05) is 55.5 Å². The Labute approximate surface area is 255 Å². The zero-order valence-corrected chi connectivity index (χ0v) is 25.1. The SMILES string of the molecule is CCCCc1cnc2ccc3c(nc4cccc5c4c3c3cccc4nc6c7cc(CCCC)cnc7ccc6c5c43)c2c1. The highest BCUT2D eigenvalue weighted by molar-refractivity contribution is 6.41. The first-order valence-electron chi connectivity index (χ1n) is 16.0. The molecule has 0 radical (unpaired) electrons. The number of rotatable bonds is 6. The summed E-state index contributed by atoms with van der Waals surface area (Å²) < 4.78 is 0. The normalized spacial score (nSPS) is 12.4. The molecule has 9 aromatic rings. The van der Waals surface area contributed by atoms with Gasteiger partial charge in [-0.2, -0.15) is 0 Å². The molecule has 0 aliphatic carbocycles. The second kappa shape index (κ2) is 9.78. The van der Waals surface area contributed by atoms with E-state index in [9.17, 15) is 0 Å². The molecule has 0 aliphatic heterocycles. The summed E-state index contributed by atoms with van der Waals surface area (Å²) in [6, 6.07) is 26.6. The first kappa shape index (κ1) is 25.5. The standard InChI is InChI=1S/C40H32N4/c1-3-5-9-23-19-29-31(41-21-23)17-15-27-35-25-11-8-14-34-38(25)36(26-12-7-13-33(37(26)35)43-39(27)29)28-16-18-32-30(40(28)44-34)20-24(22-42-32)10-6-4-2/h7-8,11-22H,3-6,9-10H2,1-2H3. The third-order valence-electron chi connectivity index (χ3n) is 9.55. The van der Waals surface area contributed by atoms with E-state index in [1.54, 1.807) is 0 Å². The summed E-state index contributed by atoms with van der Waals surface area (Å²) >= 11 is 0. The summed E-state index contributed by atoms with van der Waals surface area (Å²) in [7, 11) is 0. The molecule has 0 fully saturated rings. The van der Waals surface area contributed by atoms with Gasteiger partial charge in [-0.1, -0.05) is 51.0 Å². The summed E-state index contributed by atoms with van der Waals surface area (Å²) in [5.74, 6) is 0. The molecule has 0 aliphatic rings. The highest BCUT2D eigenvalue weighted by Crippen LogP contribution is 2.46. The number of unbranched alkanes of at least 4 members (excludes halogenated alkanes) is 2. The van der Waals surface area contributed by atoms with Gasteiger partial charge >= 0.3 is 0 Å². The molecule has 4 nitrogen and oxygen atoms in total. The van der Waals surface area contributed by atoms with Crippen LogP contribution >= 0.6 is 0 Å². The maximum Gasteiger partial charge on any atom is 0.0810 e. The Kier molecular flexibility index (Phi) is 5.68. The van der Waals surface area contributed by atoms with Gasteiger partial charge < -0.3 is 0 Å². The Hall–Kier alpha value is -4.96. The fraction of sp³-hybridized carbons (Fsp3) is 0.200. The Bertz CT molecular complexity index is 2400. The summed E-state index contributed by atoms with van der Waals surface area (Å²) in [6.07, 6.45) is 10.8. The van der Waals surface area contributed by atoms with Crippen LogP contribution in [0.25, 0.3) is 87.0 Å². The van der Waals surface area contributed by atoms with Crippen LogP contribution in [0, 0.1) is 0 Å². The maximum atomic E-state index is 5.37. The lowest BCUT2D eigenvalue weighted by molar-refractivity contribution is 0.793. The summed E-state index contributed by atoms with van der Waals surface area (Å²) in [5, 5.41) is 12.0. The van der Waals surface area contributed by atoms with Gasteiger partial charge in [0.2, 0.25) is 0 Å². The first-order valence-corrected chi connectivity index (χ1v) is 16.0. The molecule has 4 aromatic heterocycles. The molecule has 0 saturated heterocycles. The van der Waals surface area contributed by atoms with Crippen LogP contribution in [0.2, 0.25) is 0 Å². The molecule has 9 rings (SSSR count). The third kappa shape index (κ3) is 3.64. The Balaban J connectivity index is 1.45. The van der Waals surface area contributed by atoms with Crippen molar-refractivity contribution < 1.29 is 0 Å². The maximum absolute atomic E-state index is 5.37. The van der Waals surface area contributed by atoms with Gasteiger partial charge in [-0.3, -0.25) is 9.97 Å². The molecule has 44 heavy (non-hydrogen) atoms. The van der Waals surface area contributed by atoms with Crippen LogP contribution in [-0.2, 0) is 12.8 Å². The van der Waals surface area contributed by atoms with Gasteiger partial charge in [0.05, 0.1) is 33.1 Å². The minimum Gasteiger partial charge on any atom is -0.256 e. The second-order valence-electron chi connectivity index (χ2n) is 12.3. The number of aromatic nitrogens is 4. The van der Waals surface area contributed by atoms with Crippen molar-refractivity contribution in [3.8, 4) is 0 Å². The number of benzene rings is 5. The lowest BCUT2D eigenvalue weighted by atomic mass is 9.88. The van der Waals surface area contributed by atoms with E-state index in [4.69, 9.17) is 19.9 Å². The van der Waals surface area contributed by atoms with Crippen molar-refractivity contribution in [2.24, 2.45) is 0 Å². The number of nitrogens with zero attached hydrogens (tertiary/aromatic N) is 4. The van der Waals surface area contributed by atoms with Gasteiger partial charge in [0.15, 0.2) is 0 Å². The van der Waals surface area contributed by atoms with Crippen molar-refractivity contribution in [1.29, 1.82) is 0 Å². The van der Waals surface area contributed by atoms with E-state index in [2.05, 4.69) is 86.6 Å². The quantitative estimate of drug-likeness (QED) is 0.148. The van der Waals surface area contributed by atoms with Gasteiger partial charge in [-0.15, -0.1) is 0 Å². The zero-order chi connectivity index (χ0) is 29.4. The lowest BCUT2D eigenvalue weighted by Crippen LogP contribution is -1.96. The average Bonchev–Trinajstić information content (AvgIpc) is 3.07. The van der Waals surface area contributed by atoms with Crippen LogP contribution in [0.15, 0.2) is 85.2 Å². The monoisotopic (exact) mass is 568 g/mol. The van der Waals surface area contributed by atoms with E-state index in [1.165, 1.54) is 67.1 Å². The van der Waals surface area contributed by atoms with Crippen LogP contribution in [0.5, 0.6) is 0 Å². The lowest BCUT2D eigenvalue weighted by Gasteiger charge is -2.18. The largest absolute Gasteiger partial charge is 0.256 e. The minimum atomic E-state index is 0.994. The molecule has 4 heterocycles. The van der Waals surface area contributed by atoms with Gasteiger partial charge in [0.1, 0.15) is 0 Å². The number of fused-ring (bicyclic) bond motifs is 10. The summed E-state index contributed by atoms with van der Waals surface area (Å²) in [5.41, 5.74) is 8.64. The molecule has 0 saturated carbocycles. The van der Waals surface area contributed by atoms with Gasteiger partial charge in [-0.05, 0) is 96.1 Å². The van der Waals surface area contributed by atoms with Crippen molar-refractivity contribution in [3.63, 3.8) is 0 Å². The smallest absolute Gasteiger partial charge is 0.0810 e. The summed E-state index contributed by atoms with van der Waals surface area (Å²) in [6.45, 7) is 4.47. The van der Waals surface area contributed by atoms with E-state index in [0.29, 0.717) is 0 Å². The van der Waals surface area contributed by atoms with Gasteiger partial charge in [-0.25, -0.2) is 9.97 Å². The predicted molar refractivity (Wildman–Crippen MR) is 186 cm³/mol. The number of hydrogen-bond acceptors (Lipinski definition) is 4. The van der Waals surface area contributed by atoms with Crippen LogP contribution in [-0.4, -0.2) is 19.9 Å². The molecule has 212 valence electrons. The molecule has 0 spiro atoms. The molecular weight excluding hydrogens is 536 g/mol. The fourth-order valence-electron chi connectivity index (χ4n) is 7.41. The molecule has 4 heteroatoms. The van der Waals surface area contributed by atoms with Crippen molar-refractivity contribution in [1.82, 2.24) is 19.9 Å². The van der Waals surface area contributed by atoms with Crippen LogP contribution in [0.3, 0.4) is 0 Å². The van der Waals surface area contributed by atoms with E-state index < -0.39 is 0 Å². The molecule has 0 amide bonds. The van der Waals surface area contributed by atoms with E-state index in [0.717, 1.165) is 69.6 Å². The molecule has 0 atom stereocenters. The van der Waals surface area contributed by atoms with Crippen molar-refractivity contribution in [2.45, 2.75) is 52.4 Å². The van der Waals surface area contributed by atoms with Gasteiger partial charge in [0.25, 0.3) is 0 Å². The molecule has 0 bridgehead atoms. The third-order valence-corrected chi connectivity index (χ3v) is 9.55. The van der Waals surface area contributed by atoms with Crippen molar-refractivity contribution in [2.75, 3.05) is 0 Å². The predicted octanol–water partition coefficient (Wildman–Crippen LogP) is 10.6.